The summed E-state index contributed by atoms with van der Waals surface area (Å²) in [4.78, 5) is 1.38. The number of hydrogen-bond donors (Lipinski definition) is 1. The van der Waals surface area contributed by atoms with Gasteiger partial charge in [-0.1, -0.05) is 12.8 Å². The zero-order valence-electron chi connectivity index (χ0n) is 8.40. The lowest BCUT2D eigenvalue weighted by molar-refractivity contribution is -0.154. The van der Waals surface area contributed by atoms with Crippen LogP contribution in [0.2, 0.25) is 0 Å². The molecular weight excluding hydrogens is 193 g/mol. The van der Waals surface area contributed by atoms with Crippen LogP contribution in [0.5, 0.6) is 0 Å². The summed E-state index contributed by atoms with van der Waals surface area (Å²) < 4.78 is 36.5. The molecule has 0 aromatic heterocycles. The summed E-state index contributed by atoms with van der Waals surface area (Å²) in [6.45, 7) is -0.538. The Balaban J connectivity index is 2.60. The van der Waals surface area contributed by atoms with Crippen molar-refractivity contribution >= 4 is 0 Å². The van der Waals surface area contributed by atoms with Crippen LogP contribution in [0.15, 0.2) is 0 Å². The summed E-state index contributed by atoms with van der Waals surface area (Å²) in [5.41, 5.74) is 5.17. The van der Waals surface area contributed by atoms with Crippen LogP contribution in [0, 0.1) is 0 Å². The van der Waals surface area contributed by atoms with Crippen LogP contribution >= 0.6 is 0 Å². The molecule has 2 nitrogen and oxygen atoms in total. The first-order chi connectivity index (χ1) is 6.40. The zero-order chi connectivity index (χ0) is 10.8. The van der Waals surface area contributed by atoms with Gasteiger partial charge in [-0.15, -0.1) is 0 Å². The fraction of sp³-hybridized carbons (Fsp3) is 1.00. The molecule has 0 spiro atoms. The predicted molar refractivity (Wildman–Crippen MR) is 48.9 cm³/mol. The van der Waals surface area contributed by atoms with Gasteiger partial charge in [0.2, 0.25) is 0 Å². The van der Waals surface area contributed by atoms with Crippen LogP contribution in [-0.2, 0) is 0 Å². The highest BCUT2D eigenvalue weighted by molar-refractivity contribution is 4.95. The topological polar surface area (TPSA) is 29.3 Å². The molecule has 1 aliphatic carbocycles. The van der Waals surface area contributed by atoms with Crippen molar-refractivity contribution in [2.75, 3.05) is 20.1 Å². The SMILES string of the molecule is CN(CC(F)(F)F)C1(CN)CCCC1. The Morgan fingerprint density at radius 3 is 2.14 bits per heavy atom. The molecule has 1 saturated carbocycles. The second-order valence-electron chi connectivity index (χ2n) is 4.11. The fourth-order valence-corrected chi connectivity index (χ4v) is 2.21. The van der Waals surface area contributed by atoms with Gasteiger partial charge in [-0.25, -0.2) is 0 Å². The molecule has 0 unspecified atom stereocenters. The number of likely N-dealkylation sites (N-methyl/N-ethyl adjacent to an activating group) is 1. The number of halogens is 3. The lowest BCUT2D eigenvalue weighted by atomic mass is 9.96. The Morgan fingerprint density at radius 1 is 1.29 bits per heavy atom. The van der Waals surface area contributed by atoms with Crippen LogP contribution in [0.25, 0.3) is 0 Å². The van der Waals surface area contributed by atoms with Gasteiger partial charge in [0.25, 0.3) is 0 Å². The van der Waals surface area contributed by atoms with E-state index in [1.807, 2.05) is 0 Å². The summed E-state index contributed by atoms with van der Waals surface area (Å²) in [5.74, 6) is 0. The molecule has 0 amide bonds. The Bertz CT molecular complexity index is 185. The summed E-state index contributed by atoms with van der Waals surface area (Å²) in [7, 11) is 1.52. The molecule has 1 fully saturated rings. The molecule has 0 saturated heterocycles. The molecule has 0 atom stereocenters. The average Bonchev–Trinajstić information content (AvgIpc) is 2.49. The van der Waals surface area contributed by atoms with Crippen molar-refractivity contribution in [3.8, 4) is 0 Å². The third-order valence-electron chi connectivity index (χ3n) is 3.14. The minimum Gasteiger partial charge on any atom is -0.329 e. The third kappa shape index (κ3) is 2.60. The Labute approximate surface area is 82.2 Å². The zero-order valence-corrected chi connectivity index (χ0v) is 8.40. The van der Waals surface area contributed by atoms with Gasteiger partial charge in [0.1, 0.15) is 0 Å². The number of hydrogen-bond acceptors (Lipinski definition) is 2. The average molecular weight is 210 g/mol. The van der Waals surface area contributed by atoms with Crippen molar-refractivity contribution in [3.05, 3.63) is 0 Å². The highest BCUT2D eigenvalue weighted by atomic mass is 19.4. The summed E-state index contributed by atoms with van der Waals surface area (Å²) >= 11 is 0. The minimum atomic E-state index is -4.13. The molecule has 1 rings (SSSR count). The first-order valence-electron chi connectivity index (χ1n) is 4.88. The van der Waals surface area contributed by atoms with Crippen molar-refractivity contribution in [3.63, 3.8) is 0 Å². The standard InChI is InChI=1S/C9H17F3N2/c1-14(7-9(10,11)12)8(6-13)4-2-3-5-8/h2-7,13H2,1H3. The van der Waals surface area contributed by atoms with Gasteiger partial charge < -0.3 is 5.73 Å². The molecule has 1 aliphatic rings. The van der Waals surface area contributed by atoms with Gasteiger partial charge in [0.05, 0.1) is 6.54 Å². The van der Waals surface area contributed by atoms with Gasteiger partial charge in [-0.2, -0.15) is 13.2 Å². The van der Waals surface area contributed by atoms with Gasteiger partial charge in [0.15, 0.2) is 0 Å². The number of alkyl halides is 3. The van der Waals surface area contributed by atoms with Gasteiger partial charge in [0, 0.05) is 12.1 Å². The Hall–Kier alpha value is -0.290. The Morgan fingerprint density at radius 2 is 1.79 bits per heavy atom. The number of rotatable bonds is 3. The van der Waals surface area contributed by atoms with Crippen LogP contribution in [0.4, 0.5) is 13.2 Å². The lowest BCUT2D eigenvalue weighted by Crippen LogP contribution is -2.52. The van der Waals surface area contributed by atoms with Crippen LogP contribution in [0.1, 0.15) is 25.7 Å². The molecule has 2 N–H and O–H groups in total. The predicted octanol–water partition coefficient (Wildman–Crippen LogP) is 1.75. The van der Waals surface area contributed by atoms with E-state index in [1.54, 1.807) is 0 Å². The van der Waals surface area contributed by atoms with Gasteiger partial charge >= 0.3 is 6.18 Å². The van der Waals surface area contributed by atoms with Crippen LogP contribution < -0.4 is 5.73 Å². The lowest BCUT2D eigenvalue weighted by Gasteiger charge is -2.38. The number of nitrogens with two attached hydrogens (primary N) is 1. The van der Waals surface area contributed by atoms with E-state index >= 15 is 0 Å². The molecule has 0 aromatic rings. The minimum absolute atomic E-state index is 0.319. The van der Waals surface area contributed by atoms with Crippen molar-refractivity contribution in [2.24, 2.45) is 5.73 Å². The molecule has 14 heavy (non-hydrogen) atoms. The quantitative estimate of drug-likeness (QED) is 0.769. The van der Waals surface area contributed by atoms with E-state index < -0.39 is 18.3 Å². The molecule has 0 aliphatic heterocycles. The molecule has 5 heteroatoms. The maximum Gasteiger partial charge on any atom is 0.401 e. The third-order valence-corrected chi connectivity index (χ3v) is 3.14. The van der Waals surface area contributed by atoms with Crippen molar-refractivity contribution in [2.45, 2.75) is 37.4 Å². The molecule has 0 heterocycles. The van der Waals surface area contributed by atoms with E-state index in [9.17, 15) is 13.2 Å². The van der Waals surface area contributed by atoms with Crippen LogP contribution in [-0.4, -0.2) is 36.8 Å². The molecular formula is C9H17F3N2. The summed E-state index contributed by atoms with van der Waals surface area (Å²) in [6, 6.07) is 0. The molecule has 0 bridgehead atoms. The second-order valence-corrected chi connectivity index (χ2v) is 4.11. The van der Waals surface area contributed by atoms with Crippen molar-refractivity contribution < 1.29 is 13.2 Å². The monoisotopic (exact) mass is 210 g/mol. The van der Waals surface area contributed by atoms with Gasteiger partial charge in [-0.05, 0) is 19.9 Å². The van der Waals surface area contributed by atoms with Gasteiger partial charge in [-0.3, -0.25) is 4.90 Å². The van der Waals surface area contributed by atoms with E-state index in [4.69, 9.17) is 5.73 Å². The maximum absolute atomic E-state index is 12.2. The van der Waals surface area contributed by atoms with E-state index in [-0.39, 0.29) is 0 Å². The van der Waals surface area contributed by atoms with E-state index in [0.717, 1.165) is 25.7 Å². The van der Waals surface area contributed by atoms with E-state index in [0.29, 0.717) is 6.54 Å². The first-order valence-corrected chi connectivity index (χ1v) is 4.88. The Kier molecular flexibility index (Phi) is 3.42. The molecule has 0 aromatic carbocycles. The number of nitrogens with zero attached hydrogens (tertiary/aromatic N) is 1. The summed E-state index contributed by atoms with van der Waals surface area (Å²) in [5, 5.41) is 0. The van der Waals surface area contributed by atoms with Crippen LogP contribution in [0.3, 0.4) is 0 Å². The molecule has 0 radical (unpaired) electrons. The maximum atomic E-state index is 12.2. The highest BCUT2D eigenvalue weighted by Gasteiger charge is 2.41. The first kappa shape index (κ1) is 11.8. The fourth-order valence-electron chi connectivity index (χ4n) is 2.21. The van der Waals surface area contributed by atoms with E-state index in [2.05, 4.69) is 0 Å². The second kappa shape index (κ2) is 4.06. The van der Waals surface area contributed by atoms with Crippen molar-refractivity contribution in [1.82, 2.24) is 4.90 Å². The molecule has 84 valence electrons. The van der Waals surface area contributed by atoms with E-state index in [1.165, 1.54) is 11.9 Å². The summed E-state index contributed by atoms with van der Waals surface area (Å²) in [6.07, 6.45) is -0.579. The largest absolute Gasteiger partial charge is 0.401 e. The smallest absolute Gasteiger partial charge is 0.329 e. The van der Waals surface area contributed by atoms with Crippen molar-refractivity contribution in [1.29, 1.82) is 0 Å². The highest BCUT2D eigenvalue weighted by Crippen LogP contribution is 2.35. The normalized spacial score (nSPS) is 21.9.